The fraction of sp³-hybridized carbons (Fsp3) is 0.222. The topological polar surface area (TPSA) is 119 Å². The fourth-order valence-corrected chi connectivity index (χ4v) is 3.98. The number of halogens is 1. The van der Waals surface area contributed by atoms with E-state index in [2.05, 4.69) is 4.98 Å². The number of imidazole rings is 1. The van der Waals surface area contributed by atoms with Crippen molar-refractivity contribution in [2.75, 3.05) is 0 Å². The first kappa shape index (κ1) is 24.7. The number of aryl methyl sites for hydroxylation is 1. The lowest BCUT2D eigenvalue weighted by Gasteiger charge is -2.14. The van der Waals surface area contributed by atoms with Gasteiger partial charge >= 0.3 is 0 Å². The zero-order valence-corrected chi connectivity index (χ0v) is 19.5. The van der Waals surface area contributed by atoms with Crippen molar-refractivity contribution in [2.24, 2.45) is 5.73 Å². The molecule has 0 fully saturated rings. The van der Waals surface area contributed by atoms with E-state index in [1.165, 1.54) is 23.2 Å². The number of aliphatic hydroxyl groups excluding tert-OH is 1. The second kappa shape index (κ2) is 11.3. The molecule has 0 saturated heterocycles. The smallest absolute Gasteiger partial charge is 0.268 e. The minimum atomic E-state index is -0.604. The van der Waals surface area contributed by atoms with Gasteiger partial charge in [-0.25, -0.2) is 9.37 Å². The first-order valence-corrected chi connectivity index (χ1v) is 11.5. The maximum atomic E-state index is 14.7. The first-order valence-electron chi connectivity index (χ1n) is 11.5. The number of hydrogen-bond donors (Lipinski definition) is 2. The summed E-state index contributed by atoms with van der Waals surface area (Å²) in [6.07, 6.45) is 6.01. The molecule has 0 aliphatic heterocycles. The Balaban J connectivity index is 1.32. The molecule has 3 N–H and O–H groups in total. The Labute approximate surface area is 208 Å². The van der Waals surface area contributed by atoms with Crippen LogP contribution in [0.15, 0.2) is 73.3 Å². The molecule has 0 saturated carbocycles. The van der Waals surface area contributed by atoms with Crippen LogP contribution in [0.3, 0.4) is 0 Å². The Morgan fingerprint density at radius 1 is 1.22 bits per heavy atom. The zero-order chi connectivity index (χ0) is 25.5. The average molecular weight is 488 g/mol. The van der Waals surface area contributed by atoms with E-state index in [-0.39, 0.29) is 12.3 Å². The van der Waals surface area contributed by atoms with Gasteiger partial charge in [0, 0.05) is 18.9 Å². The standard InChI is InChI=1S/C27H26FN5O3/c28-23-13-19(10-11-25(23)33-12-4-7-21(33)14-29)17-36-26-9-2-1-5-20(26)6-3-8-22(34)15-32-16-24(27(30)35)31-18-32/h1-2,4-5,7,9-13,16,18,22,34H,3,6,8,15,17H2,(H2,30,35)/t22-/m0/s1. The molecule has 184 valence electrons. The fourth-order valence-electron chi connectivity index (χ4n) is 3.98. The number of carbonyl (C=O) groups excluding carboxylic acids is 1. The summed E-state index contributed by atoms with van der Waals surface area (Å²) in [5.74, 6) is -0.339. The molecule has 0 unspecified atom stereocenters. The van der Waals surface area contributed by atoms with Gasteiger partial charge in [0.1, 0.15) is 35.6 Å². The lowest BCUT2D eigenvalue weighted by Crippen LogP contribution is -2.15. The Kier molecular flexibility index (Phi) is 7.78. The van der Waals surface area contributed by atoms with Crippen LogP contribution in [0.1, 0.15) is 40.2 Å². The molecule has 0 bridgehead atoms. The van der Waals surface area contributed by atoms with Crippen molar-refractivity contribution in [1.29, 1.82) is 5.26 Å². The van der Waals surface area contributed by atoms with Crippen LogP contribution >= 0.6 is 0 Å². The highest BCUT2D eigenvalue weighted by Gasteiger charge is 2.12. The number of rotatable bonds is 11. The van der Waals surface area contributed by atoms with E-state index in [1.807, 2.05) is 30.3 Å². The SMILES string of the molecule is N#Cc1cccn1-c1ccc(COc2ccccc2CCC[C@H](O)Cn2cnc(C(N)=O)c2)cc1F. The monoisotopic (exact) mass is 487 g/mol. The largest absolute Gasteiger partial charge is 0.489 e. The van der Waals surface area contributed by atoms with Gasteiger partial charge in [-0.3, -0.25) is 4.79 Å². The predicted molar refractivity (Wildman–Crippen MR) is 131 cm³/mol. The number of hydrogen-bond acceptors (Lipinski definition) is 5. The van der Waals surface area contributed by atoms with Gasteiger partial charge in [0.2, 0.25) is 0 Å². The number of primary amides is 1. The number of nitrogens with two attached hydrogens (primary N) is 1. The van der Waals surface area contributed by atoms with E-state index in [4.69, 9.17) is 10.5 Å². The van der Waals surface area contributed by atoms with E-state index < -0.39 is 17.8 Å². The summed E-state index contributed by atoms with van der Waals surface area (Å²) >= 11 is 0. The summed E-state index contributed by atoms with van der Waals surface area (Å²) in [6, 6.07) is 17.8. The summed E-state index contributed by atoms with van der Waals surface area (Å²) in [4.78, 5) is 15.1. The van der Waals surface area contributed by atoms with Crippen LogP contribution in [-0.4, -0.2) is 31.2 Å². The van der Waals surface area contributed by atoms with Gasteiger partial charge in [0.05, 0.1) is 18.1 Å². The van der Waals surface area contributed by atoms with Crippen molar-refractivity contribution in [3.63, 3.8) is 0 Å². The van der Waals surface area contributed by atoms with Crippen LogP contribution in [0.2, 0.25) is 0 Å². The molecular weight excluding hydrogens is 461 g/mol. The van der Waals surface area contributed by atoms with Gasteiger partial charge in [-0.15, -0.1) is 0 Å². The summed E-state index contributed by atoms with van der Waals surface area (Å²) in [7, 11) is 0. The van der Waals surface area contributed by atoms with E-state index >= 15 is 0 Å². The van der Waals surface area contributed by atoms with Gasteiger partial charge in [-0.2, -0.15) is 5.26 Å². The van der Waals surface area contributed by atoms with E-state index in [1.54, 1.807) is 35.0 Å². The third kappa shape index (κ3) is 5.98. The third-order valence-electron chi connectivity index (χ3n) is 5.79. The zero-order valence-electron chi connectivity index (χ0n) is 19.5. The van der Waals surface area contributed by atoms with Crippen molar-refractivity contribution in [1.82, 2.24) is 14.1 Å². The Morgan fingerprint density at radius 3 is 2.81 bits per heavy atom. The Hall–Kier alpha value is -4.42. The van der Waals surface area contributed by atoms with Crippen LogP contribution in [0.4, 0.5) is 4.39 Å². The van der Waals surface area contributed by atoms with Crippen molar-refractivity contribution in [2.45, 2.75) is 38.5 Å². The van der Waals surface area contributed by atoms with Crippen LogP contribution in [0.5, 0.6) is 5.75 Å². The van der Waals surface area contributed by atoms with Gasteiger partial charge in [0.25, 0.3) is 5.91 Å². The highest BCUT2D eigenvalue weighted by atomic mass is 19.1. The molecular formula is C27H26FN5O3. The minimum Gasteiger partial charge on any atom is -0.489 e. The third-order valence-corrected chi connectivity index (χ3v) is 5.79. The second-order valence-corrected chi connectivity index (χ2v) is 8.42. The predicted octanol–water partition coefficient (Wildman–Crippen LogP) is 3.75. The average Bonchev–Trinajstić information content (AvgIpc) is 3.53. The number of carbonyl (C=O) groups is 1. The normalized spacial score (nSPS) is 11.7. The molecule has 9 heteroatoms. The molecule has 0 aliphatic carbocycles. The summed E-state index contributed by atoms with van der Waals surface area (Å²) < 4.78 is 23.9. The molecule has 4 aromatic rings. The number of amides is 1. The van der Waals surface area contributed by atoms with Crippen molar-refractivity contribution >= 4 is 5.91 Å². The molecule has 36 heavy (non-hydrogen) atoms. The molecule has 2 aromatic carbocycles. The first-order chi connectivity index (χ1) is 17.4. The second-order valence-electron chi connectivity index (χ2n) is 8.42. The van der Waals surface area contributed by atoms with Gasteiger partial charge < -0.3 is 24.7 Å². The molecule has 4 rings (SSSR count). The highest BCUT2D eigenvalue weighted by Crippen LogP contribution is 2.23. The highest BCUT2D eigenvalue weighted by molar-refractivity contribution is 5.90. The summed E-state index contributed by atoms with van der Waals surface area (Å²) in [5, 5.41) is 19.5. The van der Waals surface area contributed by atoms with Crippen LogP contribution in [0.25, 0.3) is 5.69 Å². The molecule has 1 amide bonds. The molecule has 0 aliphatic rings. The number of benzene rings is 2. The quantitative estimate of drug-likeness (QED) is 0.334. The van der Waals surface area contributed by atoms with Gasteiger partial charge in [-0.05, 0) is 60.7 Å². The number of aliphatic hydroxyl groups is 1. The van der Waals surface area contributed by atoms with Crippen LogP contribution in [-0.2, 0) is 19.6 Å². The molecule has 2 aromatic heterocycles. The van der Waals surface area contributed by atoms with E-state index in [0.717, 1.165) is 12.0 Å². The molecule has 1 atom stereocenters. The summed E-state index contributed by atoms with van der Waals surface area (Å²) in [6.45, 7) is 0.509. The van der Waals surface area contributed by atoms with Gasteiger partial charge in [-0.1, -0.05) is 24.3 Å². The number of ether oxygens (including phenoxy) is 1. The number of aromatic nitrogens is 3. The molecule has 8 nitrogen and oxygen atoms in total. The summed E-state index contributed by atoms with van der Waals surface area (Å²) in [5.41, 5.74) is 7.70. The number of nitrogens with zero attached hydrogens (tertiary/aromatic N) is 4. The Morgan fingerprint density at radius 2 is 2.06 bits per heavy atom. The number of para-hydroxylation sites is 1. The molecule has 0 spiro atoms. The molecule has 0 radical (unpaired) electrons. The van der Waals surface area contributed by atoms with Gasteiger partial charge in [0.15, 0.2) is 0 Å². The van der Waals surface area contributed by atoms with Crippen molar-refractivity contribution < 1.29 is 19.0 Å². The van der Waals surface area contributed by atoms with Crippen molar-refractivity contribution in [3.05, 3.63) is 102 Å². The lowest BCUT2D eigenvalue weighted by molar-refractivity contribution is 0.0995. The van der Waals surface area contributed by atoms with Crippen LogP contribution < -0.4 is 10.5 Å². The minimum absolute atomic E-state index is 0.166. The lowest BCUT2D eigenvalue weighted by atomic mass is 10.0. The number of nitriles is 1. The van der Waals surface area contributed by atoms with Crippen molar-refractivity contribution in [3.8, 4) is 17.5 Å². The van der Waals surface area contributed by atoms with Crippen LogP contribution in [0, 0.1) is 17.1 Å². The Bertz CT molecular complexity index is 1390. The molecule has 2 heterocycles. The van der Waals surface area contributed by atoms with E-state index in [9.17, 15) is 19.6 Å². The maximum absolute atomic E-state index is 14.7. The van der Waals surface area contributed by atoms with E-state index in [0.29, 0.717) is 42.1 Å². The maximum Gasteiger partial charge on any atom is 0.268 e.